The zero-order valence-corrected chi connectivity index (χ0v) is 13.0. The first-order chi connectivity index (χ1) is 10.1. The first-order valence-corrected chi connectivity index (χ1v) is 7.88. The molecule has 2 aromatic rings. The predicted octanol–water partition coefficient (Wildman–Crippen LogP) is 5.18. The standard InChI is InChI=1S/C17H19F2NS/c1-3-9-20-12(2)13-7-8-17(16(19)10-13)21-15-6-4-5-14(18)11-15/h4-8,10-12,20H,3,9H2,1-2H3. The summed E-state index contributed by atoms with van der Waals surface area (Å²) in [5.74, 6) is -0.582. The SMILES string of the molecule is CCCNC(C)c1ccc(Sc2cccc(F)c2)c(F)c1. The summed E-state index contributed by atoms with van der Waals surface area (Å²) in [6.45, 7) is 5.02. The van der Waals surface area contributed by atoms with Gasteiger partial charge in [0.05, 0.1) is 0 Å². The maximum Gasteiger partial charge on any atom is 0.137 e. The van der Waals surface area contributed by atoms with Crippen LogP contribution < -0.4 is 5.32 Å². The highest BCUT2D eigenvalue weighted by atomic mass is 32.2. The molecule has 0 aliphatic heterocycles. The number of benzene rings is 2. The first-order valence-electron chi connectivity index (χ1n) is 7.06. The summed E-state index contributed by atoms with van der Waals surface area (Å²) < 4.78 is 27.3. The van der Waals surface area contributed by atoms with Crippen molar-refractivity contribution in [2.75, 3.05) is 6.54 Å². The van der Waals surface area contributed by atoms with E-state index in [-0.39, 0.29) is 17.7 Å². The van der Waals surface area contributed by atoms with Crippen LogP contribution in [0.25, 0.3) is 0 Å². The summed E-state index contributed by atoms with van der Waals surface area (Å²) >= 11 is 1.23. The maximum atomic E-state index is 14.2. The molecule has 0 aliphatic rings. The van der Waals surface area contributed by atoms with Crippen LogP contribution >= 0.6 is 11.8 Å². The van der Waals surface area contributed by atoms with Crippen LogP contribution in [0.4, 0.5) is 8.78 Å². The Morgan fingerprint density at radius 2 is 1.95 bits per heavy atom. The van der Waals surface area contributed by atoms with Crippen LogP contribution in [0.5, 0.6) is 0 Å². The molecule has 0 saturated carbocycles. The molecule has 0 aromatic heterocycles. The van der Waals surface area contributed by atoms with E-state index in [2.05, 4.69) is 12.2 Å². The fraction of sp³-hybridized carbons (Fsp3) is 0.294. The van der Waals surface area contributed by atoms with Gasteiger partial charge in [0.25, 0.3) is 0 Å². The minimum absolute atomic E-state index is 0.118. The van der Waals surface area contributed by atoms with Gasteiger partial charge < -0.3 is 5.32 Å². The van der Waals surface area contributed by atoms with Crippen molar-refractivity contribution < 1.29 is 8.78 Å². The van der Waals surface area contributed by atoms with Crippen molar-refractivity contribution >= 4 is 11.8 Å². The Balaban J connectivity index is 2.12. The predicted molar refractivity (Wildman–Crippen MR) is 83.6 cm³/mol. The van der Waals surface area contributed by atoms with E-state index in [0.29, 0.717) is 9.79 Å². The molecule has 112 valence electrons. The maximum absolute atomic E-state index is 14.2. The zero-order chi connectivity index (χ0) is 15.2. The lowest BCUT2D eigenvalue weighted by Gasteiger charge is -2.14. The van der Waals surface area contributed by atoms with E-state index in [0.717, 1.165) is 18.5 Å². The number of rotatable bonds is 6. The molecule has 1 unspecified atom stereocenters. The molecule has 0 spiro atoms. The summed E-state index contributed by atoms with van der Waals surface area (Å²) in [6, 6.07) is 11.5. The van der Waals surface area contributed by atoms with Crippen LogP contribution in [0.2, 0.25) is 0 Å². The van der Waals surface area contributed by atoms with Gasteiger partial charge in [-0.15, -0.1) is 0 Å². The number of hydrogen-bond acceptors (Lipinski definition) is 2. The highest BCUT2D eigenvalue weighted by molar-refractivity contribution is 7.99. The summed E-state index contributed by atoms with van der Waals surface area (Å²) in [5.41, 5.74) is 0.921. The van der Waals surface area contributed by atoms with E-state index in [1.165, 1.54) is 23.9 Å². The largest absolute Gasteiger partial charge is 0.310 e. The normalized spacial score (nSPS) is 12.4. The van der Waals surface area contributed by atoms with Crippen molar-refractivity contribution in [1.29, 1.82) is 0 Å². The Labute approximate surface area is 128 Å². The molecular formula is C17H19F2NS. The van der Waals surface area contributed by atoms with E-state index in [4.69, 9.17) is 0 Å². The summed E-state index contributed by atoms with van der Waals surface area (Å²) in [6.07, 6.45) is 1.04. The Kier molecular flexibility index (Phi) is 5.76. The smallest absolute Gasteiger partial charge is 0.137 e. The molecule has 2 aromatic carbocycles. The number of halogens is 2. The van der Waals surface area contributed by atoms with Crippen LogP contribution in [0.15, 0.2) is 52.3 Å². The highest BCUT2D eigenvalue weighted by Crippen LogP contribution is 2.31. The fourth-order valence-electron chi connectivity index (χ4n) is 2.01. The Hall–Kier alpha value is -1.39. The Morgan fingerprint density at radius 3 is 2.62 bits per heavy atom. The third kappa shape index (κ3) is 4.55. The molecule has 4 heteroatoms. The van der Waals surface area contributed by atoms with Crippen molar-refractivity contribution in [3.63, 3.8) is 0 Å². The van der Waals surface area contributed by atoms with Crippen LogP contribution in [-0.4, -0.2) is 6.54 Å². The van der Waals surface area contributed by atoms with Crippen molar-refractivity contribution in [2.45, 2.75) is 36.1 Å². The second kappa shape index (κ2) is 7.57. The average molecular weight is 307 g/mol. The summed E-state index contributed by atoms with van der Waals surface area (Å²) in [5, 5.41) is 3.33. The van der Waals surface area contributed by atoms with Crippen molar-refractivity contribution in [3.8, 4) is 0 Å². The molecule has 0 bridgehead atoms. The van der Waals surface area contributed by atoms with Crippen molar-refractivity contribution in [1.82, 2.24) is 5.32 Å². The van der Waals surface area contributed by atoms with E-state index >= 15 is 0 Å². The van der Waals surface area contributed by atoms with Crippen molar-refractivity contribution in [2.24, 2.45) is 0 Å². The molecule has 1 N–H and O–H groups in total. The molecule has 0 aliphatic carbocycles. The minimum Gasteiger partial charge on any atom is -0.310 e. The highest BCUT2D eigenvalue weighted by Gasteiger charge is 2.10. The Bertz CT molecular complexity index is 601. The van der Waals surface area contributed by atoms with E-state index in [9.17, 15) is 8.78 Å². The second-order valence-corrected chi connectivity index (χ2v) is 6.04. The van der Waals surface area contributed by atoms with E-state index in [1.807, 2.05) is 13.0 Å². The van der Waals surface area contributed by atoms with Gasteiger partial charge in [-0.3, -0.25) is 0 Å². The molecule has 1 nitrogen and oxygen atoms in total. The topological polar surface area (TPSA) is 12.0 Å². The quantitative estimate of drug-likeness (QED) is 0.789. The molecule has 0 heterocycles. The number of hydrogen-bond donors (Lipinski definition) is 1. The fourth-order valence-corrected chi connectivity index (χ4v) is 2.87. The van der Waals surface area contributed by atoms with Crippen LogP contribution in [-0.2, 0) is 0 Å². The molecule has 0 amide bonds. The first kappa shape index (κ1) is 16.0. The van der Waals surface area contributed by atoms with Gasteiger partial charge in [0.1, 0.15) is 11.6 Å². The molecule has 21 heavy (non-hydrogen) atoms. The monoisotopic (exact) mass is 307 g/mol. The van der Waals surface area contributed by atoms with Gasteiger partial charge in [-0.05, 0) is 55.8 Å². The van der Waals surface area contributed by atoms with Gasteiger partial charge in [-0.1, -0.05) is 30.8 Å². The van der Waals surface area contributed by atoms with Gasteiger partial charge in [-0.2, -0.15) is 0 Å². The molecule has 0 radical (unpaired) electrons. The van der Waals surface area contributed by atoms with Gasteiger partial charge in [0.2, 0.25) is 0 Å². The van der Waals surface area contributed by atoms with E-state index < -0.39 is 0 Å². The summed E-state index contributed by atoms with van der Waals surface area (Å²) in [4.78, 5) is 1.20. The Morgan fingerprint density at radius 1 is 1.14 bits per heavy atom. The number of nitrogens with one attached hydrogen (secondary N) is 1. The van der Waals surface area contributed by atoms with Crippen LogP contribution in [0.1, 0.15) is 31.9 Å². The average Bonchev–Trinajstić information content (AvgIpc) is 2.47. The third-order valence-corrected chi connectivity index (χ3v) is 4.22. The van der Waals surface area contributed by atoms with Gasteiger partial charge in [0.15, 0.2) is 0 Å². The lowest BCUT2D eigenvalue weighted by Crippen LogP contribution is -2.19. The van der Waals surface area contributed by atoms with E-state index in [1.54, 1.807) is 24.3 Å². The lowest BCUT2D eigenvalue weighted by atomic mass is 10.1. The second-order valence-electron chi connectivity index (χ2n) is 4.93. The van der Waals surface area contributed by atoms with Crippen LogP contribution in [0, 0.1) is 11.6 Å². The van der Waals surface area contributed by atoms with Gasteiger partial charge >= 0.3 is 0 Å². The third-order valence-electron chi connectivity index (χ3n) is 3.18. The molecule has 0 fully saturated rings. The van der Waals surface area contributed by atoms with Gasteiger partial charge in [-0.25, -0.2) is 8.78 Å². The van der Waals surface area contributed by atoms with Crippen LogP contribution in [0.3, 0.4) is 0 Å². The lowest BCUT2D eigenvalue weighted by molar-refractivity contribution is 0.556. The molecule has 1 atom stereocenters. The molecule has 0 saturated heterocycles. The molecular weight excluding hydrogens is 288 g/mol. The minimum atomic E-state index is -0.311. The summed E-state index contributed by atoms with van der Waals surface area (Å²) in [7, 11) is 0. The molecule has 2 rings (SSSR count). The van der Waals surface area contributed by atoms with Gasteiger partial charge in [0, 0.05) is 15.8 Å². The van der Waals surface area contributed by atoms with Crippen molar-refractivity contribution in [3.05, 3.63) is 59.7 Å². The zero-order valence-electron chi connectivity index (χ0n) is 12.2.